The summed E-state index contributed by atoms with van der Waals surface area (Å²) in [6.07, 6.45) is 1.76. The normalized spacial score (nSPS) is 18.7. The molecule has 2 aromatic rings. The van der Waals surface area contributed by atoms with Crippen LogP contribution in [0.3, 0.4) is 0 Å². The van der Waals surface area contributed by atoms with Crippen LogP contribution in [-0.4, -0.2) is 23.0 Å². The first-order valence-corrected chi connectivity index (χ1v) is 7.74. The van der Waals surface area contributed by atoms with Gasteiger partial charge in [-0.1, -0.05) is 18.2 Å². The molecule has 5 heteroatoms. The number of aryl methyl sites for hydroxylation is 2. The molecule has 22 heavy (non-hydrogen) atoms. The van der Waals surface area contributed by atoms with Gasteiger partial charge in [0.1, 0.15) is 11.5 Å². The minimum absolute atomic E-state index is 0.0635. The number of amides is 1. The lowest BCUT2D eigenvalue weighted by atomic mass is 10.2. The third-order valence-corrected chi connectivity index (χ3v) is 4.43. The standard InChI is InChI=1S/C17H16N2O2S/c1-11-6-4-5-7-14(11)18-17-19(3)16(20)15(22-17)10-13-9-8-12(2)21-13/h4-10H,1-3H3/b15-10+,18-17?. The zero-order valence-corrected chi connectivity index (χ0v) is 13.5. The summed E-state index contributed by atoms with van der Waals surface area (Å²) in [4.78, 5) is 19.1. The summed E-state index contributed by atoms with van der Waals surface area (Å²) in [6, 6.07) is 11.6. The van der Waals surface area contributed by atoms with E-state index in [1.165, 1.54) is 11.8 Å². The van der Waals surface area contributed by atoms with E-state index in [2.05, 4.69) is 4.99 Å². The number of hydrogen-bond acceptors (Lipinski definition) is 4. The maximum absolute atomic E-state index is 12.3. The van der Waals surface area contributed by atoms with Crippen molar-refractivity contribution in [2.75, 3.05) is 7.05 Å². The predicted octanol–water partition coefficient (Wildman–Crippen LogP) is 4.13. The second-order valence-corrected chi connectivity index (χ2v) is 6.11. The lowest BCUT2D eigenvalue weighted by molar-refractivity contribution is -0.121. The minimum atomic E-state index is -0.0635. The summed E-state index contributed by atoms with van der Waals surface area (Å²) in [7, 11) is 1.74. The molecular weight excluding hydrogens is 296 g/mol. The van der Waals surface area contributed by atoms with Gasteiger partial charge in [0.05, 0.1) is 10.6 Å². The zero-order valence-electron chi connectivity index (χ0n) is 12.7. The fraction of sp³-hybridized carbons (Fsp3) is 0.176. The molecule has 112 valence electrons. The number of carbonyl (C=O) groups is 1. The Morgan fingerprint density at radius 2 is 1.95 bits per heavy atom. The monoisotopic (exact) mass is 312 g/mol. The molecule has 0 atom stereocenters. The maximum atomic E-state index is 12.3. The summed E-state index contributed by atoms with van der Waals surface area (Å²) < 4.78 is 5.50. The molecule has 0 bridgehead atoms. The zero-order chi connectivity index (χ0) is 15.7. The van der Waals surface area contributed by atoms with Crippen molar-refractivity contribution in [1.82, 2.24) is 4.90 Å². The van der Waals surface area contributed by atoms with Gasteiger partial charge in [0.25, 0.3) is 5.91 Å². The van der Waals surface area contributed by atoms with Gasteiger partial charge in [-0.15, -0.1) is 0 Å². The number of para-hydroxylation sites is 1. The van der Waals surface area contributed by atoms with Gasteiger partial charge in [-0.2, -0.15) is 0 Å². The van der Waals surface area contributed by atoms with Crippen LogP contribution >= 0.6 is 11.8 Å². The van der Waals surface area contributed by atoms with Gasteiger partial charge in [0.2, 0.25) is 0 Å². The van der Waals surface area contributed by atoms with Crippen LogP contribution < -0.4 is 0 Å². The molecule has 0 N–H and O–H groups in total. The number of furan rings is 1. The van der Waals surface area contributed by atoms with E-state index in [0.717, 1.165) is 17.0 Å². The predicted molar refractivity (Wildman–Crippen MR) is 90.1 cm³/mol. The van der Waals surface area contributed by atoms with Crippen molar-refractivity contribution in [2.24, 2.45) is 4.99 Å². The molecule has 1 aromatic heterocycles. The molecule has 1 aromatic carbocycles. The van der Waals surface area contributed by atoms with Crippen molar-refractivity contribution in [1.29, 1.82) is 0 Å². The van der Waals surface area contributed by atoms with E-state index < -0.39 is 0 Å². The van der Waals surface area contributed by atoms with Crippen LogP contribution in [0.2, 0.25) is 0 Å². The fourth-order valence-electron chi connectivity index (χ4n) is 2.10. The third-order valence-electron chi connectivity index (χ3n) is 3.37. The molecule has 1 saturated heterocycles. The Bertz CT molecular complexity index is 789. The Balaban J connectivity index is 1.92. The van der Waals surface area contributed by atoms with E-state index in [0.29, 0.717) is 15.8 Å². The molecule has 2 heterocycles. The highest BCUT2D eigenvalue weighted by atomic mass is 32.2. The number of rotatable bonds is 2. The van der Waals surface area contributed by atoms with Gasteiger partial charge in [-0.05, 0) is 49.4 Å². The summed E-state index contributed by atoms with van der Waals surface area (Å²) in [5, 5.41) is 0.675. The van der Waals surface area contributed by atoms with Gasteiger partial charge in [0, 0.05) is 13.1 Å². The van der Waals surface area contributed by atoms with Gasteiger partial charge in [0.15, 0.2) is 5.17 Å². The molecule has 0 aliphatic carbocycles. The highest BCUT2D eigenvalue weighted by molar-refractivity contribution is 8.18. The van der Waals surface area contributed by atoms with Gasteiger partial charge >= 0.3 is 0 Å². The molecule has 1 aliphatic heterocycles. The second kappa shape index (κ2) is 5.85. The van der Waals surface area contributed by atoms with Crippen molar-refractivity contribution in [2.45, 2.75) is 13.8 Å². The SMILES string of the molecule is Cc1ccc(/C=C2/SC(=Nc3ccccc3C)N(C)C2=O)o1. The quantitative estimate of drug-likeness (QED) is 0.783. The van der Waals surface area contributed by atoms with Crippen molar-refractivity contribution >= 4 is 34.6 Å². The number of hydrogen-bond donors (Lipinski definition) is 0. The Kier molecular flexibility index (Phi) is 3.90. The van der Waals surface area contributed by atoms with Crippen LogP contribution in [0.5, 0.6) is 0 Å². The van der Waals surface area contributed by atoms with Gasteiger partial charge < -0.3 is 4.42 Å². The first-order valence-electron chi connectivity index (χ1n) is 6.93. The Morgan fingerprint density at radius 3 is 2.64 bits per heavy atom. The van der Waals surface area contributed by atoms with Gasteiger partial charge in [-0.25, -0.2) is 4.99 Å². The molecule has 4 nitrogen and oxygen atoms in total. The summed E-state index contributed by atoms with van der Waals surface area (Å²) in [5.41, 5.74) is 1.95. The number of likely N-dealkylation sites (N-methyl/N-ethyl adjacent to an activating group) is 1. The smallest absolute Gasteiger partial charge is 0.266 e. The molecule has 1 amide bonds. The molecule has 0 unspecified atom stereocenters. The first kappa shape index (κ1) is 14.7. The molecule has 0 spiro atoms. The van der Waals surface area contributed by atoms with Crippen molar-refractivity contribution in [3.8, 4) is 0 Å². The maximum Gasteiger partial charge on any atom is 0.266 e. The molecular formula is C17H16N2O2S. The minimum Gasteiger partial charge on any atom is -0.462 e. The van der Waals surface area contributed by atoms with E-state index in [4.69, 9.17) is 4.42 Å². The molecule has 3 rings (SSSR count). The fourth-order valence-corrected chi connectivity index (χ4v) is 3.06. The van der Waals surface area contributed by atoms with Crippen LogP contribution in [0.1, 0.15) is 17.1 Å². The molecule has 0 saturated carbocycles. The molecule has 1 aliphatic rings. The average Bonchev–Trinajstić information content (AvgIpc) is 3.01. The number of benzene rings is 1. The average molecular weight is 312 g/mol. The van der Waals surface area contributed by atoms with Crippen LogP contribution in [-0.2, 0) is 4.79 Å². The topological polar surface area (TPSA) is 45.8 Å². The summed E-state index contributed by atoms with van der Waals surface area (Å²) >= 11 is 1.36. The number of nitrogens with zero attached hydrogens (tertiary/aromatic N) is 2. The molecule has 0 radical (unpaired) electrons. The highest BCUT2D eigenvalue weighted by Gasteiger charge is 2.30. The van der Waals surface area contributed by atoms with Crippen LogP contribution in [0.25, 0.3) is 6.08 Å². The van der Waals surface area contributed by atoms with Crippen LogP contribution in [0.15, 0.2) is 50.7 Å². The van der Waals surface area contributed by atoms with Crippen molar-refractivity contribution in [3.63, 3.8) is 0 Å². The number of aliphatic imine (C=N–C) groups is 1. The van der Waals surface area contributed by atoms with E-state index in [1.807, 2.05) is 50.2 Å². The van der Waals surface area contributed by atoms with E-state index in [9.17, 15) is 4.79 Å². The first-order chi connectivity index (χ1) is 10.5. The Morgan fingerprint density at radius 1 is 1.18 bits per heavy atom. The summed E-state index contributed by atoms with van der Waals surface area (Å²) in [5.74, 6) is 1.44. The lowest BCUT2D eigenvalue weighted by Gasteiger charge is -2.08. The van der Waals surface area contributed by atoms with E-state index in [-0.39, 0.29) is 5.91 Å². The van der Waals surface area contributed by atoms with Crippen LogP contribution in [0, 0.1) is 13.8 Å². The molecule has 1 fully saturated rings. The highest BCUT2D eigenvalue weighted by Crippen LogP contribution is 2.33. The van der Waals surface area contributed by atoms with Gasteiger partial charge in [-0.3, -0.25) is 9.69 Å². The second-order valence-electron chi connectivity index (χ2n) is 5.10. The largest absolute Gasteiger partial charge is 0.462 e. The van der Waals surface area contributed by atoms with Crippen molar-refractivity contribution in [3.05, 3.63) is 58.4 Å². The van der Waals surface area contributed by atoms with E-state index in [1.54, 1.807) is 18.0 Å². The number of carbonyl (C=O) groups excluding carboxylic acids is 1. The Labute approximate surface area is 133 Å². The summed E-state index contributed by atoms with van der Waals surface area (Å²) in [6.45, 7) is 3.88. The van der Waals surface area contributed by atoms with Crippen molar-refractivity contribution < 1.29 is 9.21 Å². The number of amidine groups is 1. The Hall–Kier alpha value is -2.27. The van der Waals surface area contributed by atoms with E-state index >= 15 is 0 Å². The van der Waals surface area contributed by atoms with Crippen LogP contribution in [0.4, 0.5) is 5.69 Å². The lowest BCUT2D eigenvalue weighted by Crippen LogP contribution is -2.23. The number of thioether (sulfide) groups is 1. The third kappa shape index (κ3) is 2.85.